The predicted molar refractivity (Wildman–Crippen MR) is 83.2 cm³/mol. The molecule has 2 aliphatic rings. The highest BCUT2D eigenvalue weighted by atomic mass is 15.2. The Morgan fingerprint density at radius 3 is 2.37 bits per heavy atom. The van der Waals surface area contributed by atoms with Gasteiger partial charge in [-0.15, -0.1) is 0 Å². The van der Waals surface area contributed by atoms with Gasteiger partial charge in [0.05, 0.1) is 0 Å². The summed E-state index contributed by atoms with van der Waals surface area (Å²) < 4.78 is 0. The summed E-state index contributed by atoms with van der Waals surface area (Å²) in [6.45, 7) is 6.97. The van der Waals surface area contributed by atoms with Crippen molar-refractivity contribution in [3.8, 4) is 0 Å². The average Bonchev–Trinajstić information content (AvgIpc) is 2.43. The lowest BCUT2D eigenvalue weighted by Crippen LogP contribution is -2.60. The lowest BCUT2D eigenvalue weighted by Gasteiger charge is -2.52. The molecule has 0 amide bonds. The van der Waals surface area contributed by atoms with Gasteiger partial charge in [-0.1, -0.05) is 46.0 Å². The highest BCUT2D eigenvalue weighted by Crippen LogP contribution is 2.41. The summed E-state index contributed by atoms with van der Waals surface area (Å²) in [5, 5.41) is 0. The normalized spacial score (nSPS) is 37.7. The molecule has 2 N–H and O–H groups in total. The Kier molecular flexibility index (Phi) is 5.30. The maximum absolute atomic E-state index is 6.26. The van der Waals surface area contributed by atoms with Gasteiger partial charge in [0.15, 0.2) is 0 Å². The van der Waals surface area contributed by atoms with E-state index in [2.05, 4.69) is 25.8 Å². The van der Waals surface area contributed by atoms with Gasteiger partial charge in [0.25, 0.3) is 0 Å². The first-order valence-electron chi connectivity index (χ1n) is 8.51. The fourth-order valence-electron chi connectivity index (χ4n) is 4.66. The fraction of sp³-hybridized carbons (Fsp3) is 1.00. The first-order chi connectivity index (χ1) is 9.10. The number of likely N-dealkylation sites (N-methyl/N-ethyl adjacent to an activating group) is 1. The zero-order valence-electron chi connectivity index (χ0n) is 13.3. The maximum Gasteiger partial charge on any atom is 0.0356 e. The van der Waals surface area contributed by atoms with Crippen molar-refractivity contribution in [3.63, 3.8) is 0 Å². The second kappa shape index (κ2) is 6.58. The quantitative estimate of drug-likeness (QED) is 0.841. The molecular formula is C17H34N2. The van der Waals surface area contributed by atoms with Crippen LogP contribution in [0, 0.1) is 17.8 Å². The smallest absolute Gasteiger partial charge is 0.0356 e. The van der Waals surface area contributed by atoms with E-state index in [0.717, 1.165) is 24.3 Å². The Labute approximate surface area is 120 Å². The van der Waals surface area contributed by atoms with E-state index in [4.69, 9.17) is 5.73 Å². The van der Waals surface area contributed by atoms with Gasteiger partial charge in [-0.2, -0.15) is 0 Å². The van der Waals surface area contributed by atoms with Gasteiger partial charge in [-0.3, -0.25) is 4.90 Å². The molecule has 2 saturated carbocycles. The van der Waals surface area contributed by atoms with Gasteiger partial charge in [-0.25, -0.2) is 0 Å². The molecule has 0 bridgehead atoms. The summed E-state index contributed by atoms with van der Waals surface area (Å²) in [6.07, 6.45) is 11.3. The van der Waals surface area contributed by atoms with Gasteiger partial charge in [0, 0.05) is 18.6 Å². The van der Waals surface area contributed by atoms with Crippen LogP contribution in [0.2, 0.25) is 0 Å². The van der Waals surface area contributed by atoms with E-state index in [1.807, 2.05) is 0 Å². The van der Waals surface area contributed by atoms with E-state index in [9.17, 15) is 0 Å². The molecule has 0 aliphatic heterocycles. The summed E-state index contributed by atoms with van der Waals surface area (Å²) in [5.41, 5.74) is 6.53. The van der Waals surface area contributed by atoms with E-state index >= 15 is 0 Å². The van der Waals surface area contributed by atoms with Crippen LogP contribution in [0.4, 0.5) is 0 Å². The van der Waals surface area contributed by atoms with E-state index in [1.54, 1.807) is 0 Å². The van der Waals surface area contributed by atoms with Gasteiger partial charge in [0.2, 0.25) is 0 Å². The lowest BCUT2D eigenvalue weighted by atomic mass is 9.67. The molecule has 2 nitrogen and oxygen atoms in total. The molecule has 2 rings (SSSR count). The molecule has 0 aromatic heterocycles. The molecule has 0 saturated heterocycles. The second-order valence-electron chi connectivity index (χ2n) is 7.35. The molecule has 0 radical (unpaired) electrons. The summed E-state index contributed by atoms with van der Waals surface area (Å²) in [4.78, 5) is 2.66. The summed E-state index contributed by atoms with van der Waals surface area (Å²) in [6, 6.07) is 0. The minimum Gasteiger partial charge on any atom is -0.329 e. The molecule has 3 atom stereocenters. The van der Waals surface area contributed by atoms with Gasteiger partial charge >= 0.3 is 0 Å². The molecule has 2 fully saturated rings. The van der Waals surface area contributed by atoms with Crippen LogP contribution in [0.1, 0.15) is 65.2 Å². The number of nitrogens with zero attached hydrogens (tertiary/aromatic N) is 1. The third kappa shape index (κ3) is 3.16. The number of hydrogen-bond acceptors (Lipinski definition) is 2. The average molecular weight is 266 g/mol. The van der Waals surface area contributed by atoms with Crippen molar-refractivity contribution < 1.29 is 0 Å². The monoisotopic (exact) mass is 266 g/mol. The summed E-state index contributed by atoms with van der Waals surface area (Å²) in [5.74, 6) is 2.48. The molecular weight excluding hydrogens is 232 g/mol. The van der Waals surface area contributed by atoms with Crippen molar-refractivity contribution in [3.05, 3.63) is 0 Å². The largest absolute Gasteiger partial charge is 0.329 e. The Bertz CT molecular complexity index is 272. The van der Waals surface area contributed by atoms with Crippen molar-refractivity contribution in [1.82, 2.24) is 4.90 Å². The van der Waals surface area contributed by atoms with Gasteiger partial charge in [-0.05, 0) is 44.1 Å². The van der Waals surface area contributed by atoms with Crippen molar-refractivity contribution >= 4 is 0 Å². The molecule has 0 aromatic rings. The van der Waals surface area contributed by atoms with Crippen LogP contribution in [0.15, 0.2) is 0 Å². The molecule has 0 aromatic carbocycles. The lowest BCUT2D eigenvalue weighted by molar-refractivity contribution is -0.00531. The number of rotatable bonds is 4. The molecule has 0 spiro atoms. The van der Waals surface area contributed by atoms with Crippen LogP contribution in [0.5, 0.6) is 0 Å². The minimum atomic E-state index is 0.273. The second-order valence-corrected chi connectivity index (χ2v) is 7.35. The molecule has 0 heterocycles. The molecule has 19 heavy (non-hydrogen) atoms. The summed E-state index contributed by atoms with van der Waals surface area (Å²) in [7, 11) is 2.34. The van der Waals surface area contributed by atoms with Gasteiger partial charge in [0.1, 0.15) is 0 Å². The number of nitrogens with two attached hydrogens (primary N) is 1. The SMILES string of the molecule is CC1CCCC(CN)(N(C)CC2CCCCC2)C1C. The molecule has 2 heteroatoms. The standard InChI is InChI=1S/C17H34N2/c1-14-8-7-11-17(13-18,15(14)2)19(3)12-16-9-5-4-6-10-16/h14-16H,4-13,18H2,1-3H3. The van der Waals surface area contributed by atoms with E-state index < -0.39 is 0 Å². The summed E-state index contributed by atoms with van der Waals surface area (Å²) >= 11 is 0. The van der Waals surface area contributed by atoms with Crippen LogP contribution >= 0.6 is 0 Å². The first kappa shape index (κ1) is 15.3. The number of hydrogen-bond donors (Lipinski definition) is 1. The van der Waals surface area contributed by atoms with Crippen molar-refractivity contribution in [1.29, 1.82) is 0 Å². The van der Waals surface area contributed by atoms with E-state index in [1.165, 1.54) is 57.9 Å². The van der Waals surface area contributed by atoms with Crippen LogP contribution in [0.25, 0.3) is 0 Å². The maximum atomic E-state index is 6.26. The third-order valence-electron chi connectivity index (χ3n) is 6.34. The zero-order chi connectivity index (χ0) is 13.9. The highest BCUT2D eigenvalue weighted by molar-refractivity contribution is 4.99. The van der Waals surface area contributed by atoms with Crippen LogP contribution in [-0.2, 0) is 0 Å². The molecule has 3 unspecified atom stereocenters. The Balaban J connectivity index is 2.02. The van der Waals surface area contributed by atoms with Crippen molar-refractivity contribution in [2.75, 3.05) is 20.1 Å². The topological polar surface area (TPSA) is 29.3 Å². The molecule has 2 aliphatic carbocycles. The minimum absolute atomic E-state index is 0.273. The van der Waals surface area contributed by atoms with Gasteiger partial charge < -0.3 is 5.73 Å². The fourth-order valence-corrected chi connectivity index (χ4v) is 4.66. The first-order valence-corrected chi connectivity index (χ1v) is 8.51. The third-order valence-corrected chi connectivity index (χ3v) is 6.34. The van der Waals surface area contributed by atoms with E-state index in [0.29, 0.717) is 0 Å². The van der Waals surface area contributed by atoms with Crippen LogP contribution < -0.4 is 5.73 Å². The Morgan fingerprint density at radius 2 is 1.74 bits per heavy atom. The zero-order valence-corrected chi connectivity index (χ0v) is 13.3. The van der Waals surface area contributed by atoms with Crippen LogP contribution in [-0.4, -0.2) is 30.6 Å². The Morgan fingerprint density at radius 1 is 1.05 bits per heavy atom. The Hall–Kier alpha value is -0.0800. The highest BCUT2D eigenvalue weighted by Gasteiger charge is 2.43. The predicted octanol–water partition coefficient (Wildman–Crippen LogP) is 3.65. The van der Waals surface area contributed by atoms with Crippen molar-refractivity contribution in [2.24, 2.45) is 23.5 Å². The van der Waals surface area contributed by atoms with Crippen molar-refractivity contribution in [2.45, 2.75) is 70.8 Å². The molecule has 112 valence electrons. The van der Waals surface area contributed by atoms with E-state index in [-0.39, 0.29) is 5.54 Å². The van der Waals surface area contributed by atoms with Crippen LogP contribution in [0.3, 0.4) is 0 Å².